The summed E-state index contributed by atoms with van der Waals surface area (Å²) in [5.41, 5.74) is 1.28. The largest absolute Gasteiger partial charge is 0.356 e. The quantitative estimate of drug-likeness (QED) is 0.864. The fraction of sp³-hybridized carbons (Fsp3) is 0.643. The van der Waals surface area contributed by atoms with Crippen molar-refractivity contribution in [2.24, 2.45) is 5.92 Å². The monoisotopic (exact) mass is 233 g/mol. The highest BCUT2D eigenvalue weighted by atomic mass is 15.2. The molecule has 0 aromatic carbocycles. The number of pyridine rings is 1. The smallest absolute Gasteiger partial charge is 0.131 e. The molecule has 17 heavy (non-hydrogen) atoms. The summed E-state index contributed by atoms with van der Waals surface area (Å²) in [5, 5.41) is 3.48. The van der Waals surface area contributed by atoms with Crippen LogP contribution in [0.5, 0.6) is 0 Å². The summed E-state index contributed by atoms with van der Waals surface area (Å²) in [7, 11) is 0. The summed E-state index contributed by atoms with van der Waals surface area (Å²) in [4.78, 5) is 6.93. The zero-order valence-electron chi connectivity index (χ0n) is 10.9. The summed E-state index contributed by atoms with van der Waals surface area (Å²) in [6, 6.07) is 4.15. The first-order valence-corrected chi connectivity index (χ1v) is 6.68. The highest BCUT2D eigenvalue weighted by molar-refractivity contribution is 5.45. The summed E-state index contributed by atoms with van der Waals surface area (Å²) in [5.74, 6) is 1.92. The maximum absolute atomic E-state index is 4.52. The van der Waals surface area contributed by atoms with E-state index in [-0.39, 0.29) is 0 Å². The first-order valence-electron chi connectivity index (χ1n) is 6.68. The summed E-state index contributed by atoms with van der Waals surface area (Å²) in [6.07, 6.45) is 4.54. The molecule has 1 aliphatic heterocycles. The van der Waals surface area contributed by atoms with Gasteiger partial charge in [0, 0.05) is 19.3 Å². The van der Waals surface area contributed by atoms with Crippen LogP contribution in [0.2, 0.25) is 0 Å². The van der Waals surface area contributed by atoms with Crippen molar-refractivity contribution in [3.8, 4) is 0 Å². The lowest BCUT2D eigenvalue weighted by Crippen LogP contribution is -2.38. The standard InChI is InChI=1S/C14H23N3/c1-3-17(11-13-7-5-8-15-10-13)14-12(2)6-4-9-16-14/h4,6,9,13,15H,3,5,7-8,10-11H2,1-2H3. The number of hydrogen-bond acceptors (Lipinski definition) is 3. The Bertz CT molecular complexity index is 345. The molecule has 2 heterocycles. The molecule has 0 amide bonds. The van der Waals surface area contributed by atoms with Gasteiger partial charge < -0.3 is 10.2 Å². The zero-order chi connectivity index (χ0) is 12.1. The Morgan fingerprint density at radius 3 is 3.06 bits per heavy atom. The van der Waals surface area contributed by atoms with Gasteiger partial charge in [-0.25, -0.2) is 4.98 Å². The van der Waals surface area contributed by atoms with Crippen LogP contribution in [0.1, 0.15) is 25.3 Å². The number of nitrogens with one attached hydrogen (secondary N) is 1. The minimum atomic E-state index is 0.769. The van der Waals surface area contributed by atoms with Gasteiger partial charge in [0.15, 0.2) is 0 Å². The lowest BCUT2D eigenvalue weighted by molar-refractivity contribution is 0.377. The van der Waals surface area contributed by atoms with E-state index in [0.29, 0.717) is 0 Å². The molecule has 1 unspecified atom stereocenters. The van der Waals surface area contributed by atoms with Crippen molar-refractivity contribution in [2.75, 3.05) is 31.1 Å². The van der Waals surface area contributed by atoms with Crippen molar-refractivity contribution >= 4 is 5.82 Å². The Hall–Kier alpha value is -1.09. The van der Waals surface area contributed by atoms with Crippen molar-refractivity contribution in [3.63, 3.8) is 0 Å². The second-order valence-corrected chi connectivity index (χ2v) is 4.89. The average molecular weight is 233 g/mol. The van der Waals surface area contributed by atoms with E-state index in [2.05, 4.69) is 35.1 Å². The number of hydrogen-bond donors (Lipinski definition) is 1. The van der Waals surface area contributed by atoms with Crippen molar-refractivity contribution in [3.05, 3.63) is 23.9 Å². The Morgan fingerprint density at radius 2 is 2.41 bits per heavy atom. The fourth-order valence-electron chi connectivity index (χ4n) is 2.57. The van der Waals surface area contributed by atoms with E-state index in [0.717, 1.165) is 31.4 Å². The van der Waals surface area contributed by atoms with Crippen LogP contribution >= 0.6 is 0 Å². The molecular formula is C14H23N3. The molecule has 0 bridgehead atoms. The first kappa shape index (κ1) is 12.4. The van der Waals surface area contributed by atoms with E-state index in [1.165, 1.54) is 24.9 Å². The summed E-state index contributed by atoms with van der Waals surface area (Å²) >= 11 is 0. The number of nitrogens with zero attached hydrogens (tertiary/aromatic N) is 2. The molecule has 1 aliphatic rings. The summed E-state index contributed by atoms with van der Waals surface area (Å²) < 4.78 is 0. The maximum Gasteiger partial charge on any atom is 0.131 e. The van der Waals surface area contributed by atoms with Crippen molar-refractivity contribution in [2.45, 2.75) is 26.7 Å². The Kier molecular flexibility index (Phi) is 4.37. The molecular weight excluding hydrogens is 210 g/mol. The SMILES string of the molecule is CCN(CC1CCCNC1)c1ncccc1C. The lowest BCUT2D eigenvalue weighted by Gasteiger charge is -2.30. The van der Waals surface area contributed by atoms with Crippen molar-refractivity contribution in [1.29, 1.82) is 0 Å². The Balaban J connectivity index is 2.03. The topological polar surface area (TPSA) is 28.2 Å². The van der Waals surface area contributed by atoms with Crippen LogP contribution < -0.4 is 10.2 Å². The molecule has 0 aliphatic carbocycles. The van der Waals surface area contributed by atoms with Crippen LogP contribution in [0, 0.1) is 12.8 Å². The van der Waals surface area contributed by atoms with Gasteiger partial charge >= 0.3 is 0 Å². The third-order valence-electron chi connectivity index (χ3n) is 3.54. The minimum Gasteiger partial charge on any atom is -0.356 e. The number of anilines is 1. The number of piperidine rings is 1. The van der Waals surface area contributed by atoms with Crippen LogP contribution in [-0.2, 0) is 0 Å². The van der Waals surface area contributed by atoms with E-state index < -0.39 is 0 Å². The molecule has 1 fully saturated rings. The van der Waals surface area contributed by atoms with Crippen LogP contribution in [0.3, 0.4) is 0 Å². The Labute approximate surface area is 104 Å². The third-order valence-corrected chi connectivity index (χ3v) is 3.54. The van der Waals surface area contributed by atoms with Gasteiger partial charge in [0.1, 0.15) is 5.82 Å². The Morgan fingerprint density at radius 1 is 1.53 bits per heavy atom. The first-order chi connectivity index (χ1) is 8.31. The van der Waals surface area contributed by atoms with Gasteiger partial charge in [-0.15, -0.1) is 0 Å². The number of aromatic nitrogens is 1. The van der Waals surface area contributed by atoms with Crippen LogP contribution in [-0.4, -0.2) is 31.2 Å². The van der Waals surface area contributed by atoms with Crippen LogP contribution in [0.4, 0.5) is 5.82 Å². The molecule has 1 N–H and O–H groups in total. The van der Waals surface area contributed by atoms with Crippen LogP contribution in [0.25, 0.3) is 0 Å². The van der Waals surface area contributed by atoms with Gasteiger partial charge in [-0.1, -0.05) is 6.07 Å². The minimum absolute atomic E-state index is 0.769. The second-order valence-electron chi connectivity index (χ2n) is 4.89. The molecule has 0 radical (unpaired) electrons. The van der Waals surface area contributed by atoms with Crippen molar-refractivity contribution < 1.29 is 0 Å². The van der Waals surface area contributed by atoms with E-state index in [9.17, 15) is 0 Å². The number of rotatable bonds is 4. The highest BCUT2D eigenvalue weighted by Gasteiger charge is 2.17. The zero-order valence-corrected chi connectivity index (χ0v) is 10.9. The predicted octanol–water partition coefficient (Wildman–Crippen LogP) is 2.22. The van der Waals surface area contributed by atoms with Gasteiger partial charge in [0.05, 0.1) is 0 Å². The fourth-order valence-corrected chi connectivity index (χ4v) is 2.57. The molecule has 94 valence electrons. The molecule has 1 saturated heterocycles. The summed E-state index contributed by atoms with van der Waals surface area (Å²) in [6.45, 7) is 8.86. The van der Waals surface area contributed by atoms with E-state index in [1.807, 2.05) is 12.3 Å². The van der Waals surface area contributed by atoms with Gasteiger partial charge in [-0.05, 0) is 57.3 Å². The van der Waals surface area contributed by atoms with Gasteiger partial charge in [-0.2, -0.15) is 0 Å². The third kappa shape index (κ3) is 3.19. The van der Waals surface area contributed by atoms with E-state index >= 15 is 0 Å². The van der Waals surface area contributed by atoms with E-state index in [4.69, 9.17) is 0 Å². The lowest BCUT2D eigenvalue weighted by atomic mass is 9.99. The van der Waals surface area contributed by atoms with Gasteiger partial charge in [0.2, 0.25) is 0 Å². The molecule has 1 aromatic rings. The second kappa shape index (κ2) is 6.01. The van der Waals surface area contributed by atoms with E-state index in [1.54, 1.807) is 0 Å². The molecule has 1 aromatic heterocycles. The molecule has 0 saturated carbocycles. The predicted molar refractivity (Wildman–Crippen MR) is 72.5 cm³/mol. The molecule has 3 nitrogen and oxygen atoms in total. The normalized spacial score (nSPS) is 20.2. The van der Waals surface area contributed by atoms with Gasteiger partial charge in [0.25, 0.3) is 0 Å². The number of aryl methyl sites for hydroxylation is 1. The maximum atomic E-state index is 4.52. The molecule has 2 rings (SSSR count). The van der Waals surface area contributed by atoms with Crippen LogP contribution in [0.15, 0.2) is 18.3 Å². The average Bonchev–Trinajstić information content (AvgIpc) is 2.38. The van der Waals surface area contributed by atoms with Gasteiger partial charge in [-0.3, -0.25) is 0 Å². The molecule has 3 heteroatoms. The molecule has 1 atom stereocenters. The van der Waals surface area contributed by atoms with Crippen molar-refractivity contribution in [1.82, 2.24) is 10.3 Å². The highest BCUT2D eigenvalue weighted by Crippen LogP contribution is 2.19. The molecule has 0 spiro atoms.